The fraction of sp³-hybridized carbons (Fsp3) is 0.583. The van der Waals surface area contributed by atoms with Crippen LogP contribution in [0.4, 0.5) is 10.2 Å². The number of hydrogen-bond donors (Lipinski definition) is 0. The normalized spacial score (nSPS) is 17.7. The number of aromatic nitrogens is 1. The van der Waals surface area contributed by atoms with E-state index < -0.39 is 0 Å². The smallest absolute Gasteiger partial charge is 0.165 e. The highest BCUT2D eigenvalue weighted by Crippen LogP contribution is 2.36. The molecule has 1 fully saturated rings. The van der Waals surface area contributed by atoms with Crippen molar-refractivity contribution in [1.29, 1.82) is 0 Å². The van der Waals surface area contributed by atoms with E-state index in [1.165, 1.54) is 6.07 Å². The largest absolute Gasteiger partial charge is 0.353 e. The van der Waals surface area contributed by atoms with Crippen molar-refractivity contribution in [2.24, 2.45) is 11.3 Å². The second-order valence-corrected chi connectivity index (χ2v) is 5.28. The molecule has 2 rings (SSSR count). The van der Waals surface area contributed by atoms with Crippen LogP contribution in [0.3, 0.4) is 0 Å². The average Bonchev–Trinajstić information content (AvgIpc) is 2.03. The highest BCUT2D eigenvalue weighted by Gasteiger charge is 2.37. The van der Waals surface area contributed by atoms with Crippen molar-refractivity contribution in [3.05, 3.63) is 24.1 Å². The Bertz CT molecular complexity index is 351. The van der Waals surface area contributed by atoms with Crippen molar-refractivity contribution in [3.8, 4) is 0 Å². The summed E-state index contributed by atoms with van der Waals surface area (Å²) in [7, 11) is 0. The minimum atomic E-state index is -0.218. The molecule has 0 atom stereocenters. The van der Waals surface area contributed by atoms with E-state index in [4.69, 9.17) is 0 Å². The molecule has 2 nitrogen and oxygen atoms in total. The molecule has 0 aliphatic carbocycles. The molecule has 1 aliphatic rings. The minimum absolute atomic E-state index is 0.218. The number of rotatable bonds is 1. The number of halogens is 1. The van der Waals surface area contributed by atoms with Crippen LogP contribution in [0.5, 0.6) is 0 Å². The molecule has 0 unspecified atom stereocenters. The maximum Gasteiger partial charge on any atom is 0.165 e. The summed E-state index contributed by atoms with van der Waals surface area (Å²) in [6, 6.07) is 3.09. The summed E-state index contributed by atoms with van der Waals surface area (Å²) in [4.78, 5) is 6.07. The predicted molar refractivity (Wildman–Crippen MR) is 59.4 cm³/mol. The number of nitrogens with zero attached hydrogens (tertiary/aromatic N) is 2. The molecule has 1 saturated heterocycles. The first-order valence-electron chi connectivity index (χ1n) is 5.34. The molecule has 0 amide bonds. The monoisotopic (exact) mass is 208 g/mol. The minimum Gasteiger partial charge on any atom is -0.353 e. The maximum atomic E-state index is 13.4. The van der Waals surface area contributed by atoms with E-state index in [2.05, 4.69) is 25.8 Å². The predicted octanol–water partition coefficient (Wildman–Crippen LogP) is 2.70. The molecule has 0 aromatic carbocycles. The van der Waals surface area contributed by atoms with Gasteiger partial charge in [0.1, 0.15) is 0 Å². The van der Waals surface area contributed by atoms with E-state index in [9.17, 15) is 4.39 Å². The van der Waals surface area contributed by atoms with Gasteiger partial charge in [-0.15, -0.1) is 0 Å². The molecule has 2 heterocycles. The zero-order chi connectivity index (χ0) is 11.1. The molecule has 0 bridgehead atoms. The summed E-state index contributed by atoms with van der Waals surface area (Å²) in [5.41, 5.74) is 0.307. The number of anilines is 1. The fourth-order valence-electron chi connectivity index (χ4n) is 1.81. The molecule has 15 heavy (non-hydrogen) atoms. The van der Waals surface area contributed by atoms with Crippen molar-refractivity contribution < 1.29 is 4.39 Å². The Balaban J connectivity index is 2.04. The van der Waals surface area contributed by atoms with Gasteiger partial charge in [-0.1, -0.05) is 20.8 Å². The van der Waals surface area contributed by atoms with Gasteiger partial charge >= 0.3 is 0 Å². The first-order chi connectivity index (χ1) is 6.98. The SMILES string of the molecule is CC(C)(C)C1CN(c2ncccc2F)C1. The number of hydrogen-bond acceptors (Lipinski definition) is 2. The van der Waals surface area contributed by atoms with E-state index >= 15 is 0 Å². The topological polar surface area (TPSA) is 16.1 Å². The molecule has 82 valence electrons. The van der Waals surface area contributed by atoms with Crippen molar-refractivity contribution >= 4 is 5.82 Å². The van der Waals surface area contributed by atoms with Gasteiger partial charge < -0.3 is 4.90 Å². The van der Waals surface area contributed by atoms with E-state index in [1.807, 2.05) is 4.90 Å². The average molecular weight is 208 g/mol. The van der Waals surface area contributed by atoms with Crippen LogP contribution in [0.15, 0.2) is 18.3 Å². The third-order valence-corrected chi connectivity index (χ3v) is 3.14. The van der Waals surface area contributed by atoms with Crippen LogP contribution >= 0.6 is 0 Å². The summed E-state index contributed by atoms with van der Waals surface area (Å²) in [5, 5.41) is 0. The molecule has 1 aromatic rings. The lowest BCUT2D eigenvalue weighted by Crippen LogP contribution is -2.52. The zero-order valence-corrected chi connectivity index (χ0v) is 9.50. The maximum absolute atomic E-state index is 13.4. The van der Waals surface area contributed by atoms with E-state index in [0.29, 0.717) is 17.2 Å². The number of pyridine rings is 1. The quantitative estimate of drug-likeness (QED) is 0.705. The van der Waals surface area contributed by atoms with Crippen molar-refractivity contribution in [2.75, 3.05) is 18.0 Å². The second-order valence-electron chi connectivity index (χ2n) is 5.28. The highest BCUT2D eigenvalue weighted by atomic mass is 19.1. The summed E-state index contributed by atoms with van der Waals surface area (Å²) in [6.07, 6.45) is 1.64. The van der Waals surface area contributed by atoms with Crippen LogP contribution in [-0.4, -0.2) is 18.1 Å². The second kappa shape index (κ2) is 3.47. The zero-order valence-electron chi connectivity index (χ0n) is 9.50. The molecule has 0 saturated carbocycles. The molecule has 0 radical (unpaired) electrons. The van der Waals surface area contributed by atoms with E-state index in [0.717, 1.165) is 13.1 Å². The molecule has 3 heteroatoms. The van der Waals surface area contributed by atoms with Gasteiger partial charge in [-0.25, -0.2) is 9.37 Å². The van der Waals surface area contributed by atoms with Gasteiger partial charge in [-0.05, 0) is 23.5 Å². The molecule has 1 aromatic heterocycles. The summed E-state index contributed by atoms with van der Waals surface area (Å²) < 4.78 is 13.4. The Morgan fingerprint density at radius 3 is 2.60 bits per heavy atom. The Morgan fingerprint density at radius 1 is 1.40 bits per heavy atom. The van der Waals surface area contributed by atoms with Gasteiger partial charge in [0.15, 0.2) is 11.6 Å². The molecule has 0 N–H and O–H groups in total. The molecular weight excluding hydrogens is 191 g/mol. The molecule has 1 aliphatic heterocycles. The van der Waals surface area contributed by atoms with Crippen molar-refractivity contribution in [1.82, 2.24) is 4.98 Å². The van der Waals surface area contributed by atoms with Crippen LogP contribution < -0.4 is 4.90 Å². The van der Waals surface area contributed by atoms with Gasteiger partial charge in [-0.3, -0.25) is 0 Å². The van der Waals surface area contributed by atoms with Gasteiger partial charge in [0, 0.05) is 19.3 Å². The molecule has 0 spiro atoms. The molecular formula is C12H17FN2. The van der Waals surface area contributed by atoms with Gasteiger partial charge in [0.25, 0.3) is 0 Å². The van der Waals surface area contributed by atoms with Gasteiger partial charge in [0.05, 0.1) is 0 Å². The van der Waals surface area contributed by atoms with Crippen LogP contribution in [0.25, 0.3) is 0 Å². The first-order valence-corrected chi connectivity index (χ1v) is 5.34. The van der Waals surface area contributed by atoms with Crippen LogP contribution in [0.1, 0.15) is 20.8 Å². The lowest BCUT2D eigenvalue weighted by atomic mass is 9.76. The third kappa shape index (κ3) is 1.96. The van der Waals surface area contributed by atoms with Crippen LogP contribution in [-0.2, 0) is 0 Å². The first kappa shape index (κ1) is 10.4. The van der Waals surface area contributed by atoms with Gasteiger partial charge in [-0.2, -0.15) is 0 Å². The van der Waals surface area contributed by atoms with E-state index in [1.54, 1.807) is 12.3 Å². The Kier molecular flexibility index (Phi) is 2.41. The van der Waals surface area contributed by atoms with Crippen LogP contribution in [0, 0.1) is 17.2 Å². The Hall–Kier alpha value is -1.12. The summed E-state index contributed by atoms with van der Waals surface area (Å²) in [6.45, 7) is 8.51. The summed E-state index contributed by atoms with van der Waals surface area (Å²) >= 11 is 0. The van der Waals surface area contributed by atoms with E-state index in [-0.39, 0.29) is 5.82 Å². The van der Waals surface area contributed by atoms with Gasteiger partial charge in [0.2, 0.25) is 0 Å². The Morgan fingerprint density at radius 2 is 2.07 bits per heavy atom. The lowest BCUT2D eigenvalue weighted by Gasteiger charge is -2.46. The fourth-order valence-corrected chi connectivity index (χ4v) is 1.81. The van der Waals surface area contributed by atoms with Crippen molar-refractivity contribution in [3.63, 3.8) is 0 Å². The Labute approximate surface area is 90.1 Å². The third-order valence-electron chi connectivity index (χ3n) is 3.14. The van der Waals surface area contributed by atoms with Crippen molar-refractivity contribution in [2.45, 2.75) is 20.8 Å². The highest BCUT2D eigenvalue weighted by molar-refractivity contribution is 5.42. The lowest BCUT2D eigenvalue weighted by molar-refractivity contribution is 0.193. The van der Waals surface area contributed by atoms with Crippen LogP contribution in [0.2, 0.25) is 0 Å². The standard InChI is InChI=1S/C12H17FN2/c1-12(2,3)9-7-15(8-9)11-10(13)5-4-6-14-11/h4-6,9H,7-8H2,1-3H3. The summed E-state index contributed by atoms with van der Waals surface area (Å²) in [5.74, 6) is 0.918.